The third-order valence-corrected chi connectivity index (χ3v) is 3.92. The summed E-state index contributed by atoms with van der Waals surface area (Å²) in [6.45, 7) is 0. The molecule has 0 atom stereocenters. The van der Waals surface area contributed by atoms with Gasteiger partial charge in [-0.2, -0.15) is 5.10 Å². The fraction of sp³-hybridized carbons (Fsp3) is 0.0455. The highest BCUT2D eigenvalue weighted by Gasteiger charge is 2.08. The summed E-state index contributed by atoms with van der Waals surface area (Å²) in [7, 11) is 0. The minimum absolute atomic E-state index is 0.0728. The summed E-state index contributed by atoms with van der Waals surface area (Å²) in [5.74, 6) is -0.518. The summed E-state index contributed by atoms with van der Waals surface area (Å²) in [5, 5.41) is 16.3. The van der Waals surface area contributed by atoms with Crippen LogP contribution in [0.4, 0.5) is 5.69 Å². The highest BCUT2D eigenvalue weighted by Crippen LogP contribution is 2.13. The molecule has 140 valence electrons. The van der Waals surface area contributed by atoms with Crippen LogP contribution in [0.15, 0.2) is 84.0 Å². The summed E-state index contributed by atoms with van der Waals surface area (Å²) < 4.78 is 0. The van der Waals surface area contributed by atoms with E-state index in [0.29, 0.717) is 16.8 Å². The number of aromatic hydroxyl groups is 1. The Morgan fingerprint density at radius 1 is 0.929 bits per heavy atom. The number of phenols is 1. The van der Waals surface area contributed by atoms with E-state index in [1.807, 2.05) is 30.3 Å². The van der Waals surface area contributed by atoms with E-state index in [1.54, 1.807) is 42.5 Å². The van der Waals surface area contributed by atoms with Gasteiger partial charge in [0.1, 0.15) is 5.75 Å². The molecule has 0 saturated carbocycles. The number of anilines is 1. The van der Waals surface area contributed by atoms with Gasteiger partial charge in [-0.3, -0.25) is 9.59 Å². The molecule has 28 heavy (non-hydrogen) atoms. The third kappa shape index (κ3) is 5.28. The van der Waals surface area contributed by atoms with Crippen molar-refractivity contribution in [3.05, 3.63) is 95.6 Å². The summed E-state index contributed by atoms with van der Waals surface area (Å²) in [5.41, 5.74) is 4.68. The van der Waals surface area contributed by atoms with Crippen molar-refractivity contribution in [1.82, 2.24) is 5.43 Å². The third-order valence-electron chi connectivity index (χ3n) is 3.92. The van der Waals surface area contributed by atoms with Crippen LogP contribution in [-0.2, 0) is 11.2 Å². The predicted molar refractivity (Wildman–Crippen MR) is 108 cm³/mol. The normalized spacial score (nSPS) is 10.6. The molecule has 3 aromatic rings. The summed E-state index contributed by atoms with van der Waals surface area (Å²) >= 11 is 0. The first-order valence-electron chi connectivity index (χ1n) is 8.67. The molecule has 0 heterocycles. The van der Waals surface area contributed by atoms with E-state index < -0.39 is 5.91 Å². The fourth-order valence-electron chi connectivity index (χ4n) is 2.55. The largest absolute Gasteiger partial charge is 0.507 e. The SMILES string of the molecule is O=C(Cc1ccccc1)Nc1cccc(C(=O)N/N=C/c2ccccc2O)c1. The Morgan fingerprint density at radius 3 is 2.46 bits per heavy atom. The average molecular weight is 373 g/mol. The molecule has 0 aliphatic carbocycles. The first-order chi connectivity index (χ1) is 13.6. The number of nitrogens with one attached hydrogen (secondary N) is 2. The zero-order valence-corrected chi connectivity index (χ0v) is 15.0. The molecule has 2 amide bonds. The lowest BCUT2D eigenvalue weighted by atomic mass is 10.1. The molecule has 0 aliphatic rings. The lowest BCUT2D eigenvalue weighted by molar-refractivity contribution is -0.115. The van der Waals surface area contributed by atoms with Crippen LogP contribution in [0.2, 0.25) is 0 Å². The lowest BCUT2D eigenvalue weighted by Gasteiger charge is -2.07. The van der Waals surface area contributed by atoms with E-state index in [9.17, 15) is 14.7 Å². The van der Waals surface area contributed by atoms with Crippen LogP contribution in [0.25, 0.3) is 0 Å². The highest BCUT2D eigenvalue weighted by molar-refractivity contribution is 5.98. The number of hydrazone groups is 1. The van der Waals surface area contributed by atoms with Crippen molar-refractivity contribution < 1.29 is 14.7 Å². The van der Waals surface area contributed by atoms with Crippen molar-refractivity contribution >= 4 is 23.7 Å². The number of hydrogen-bond acceptors (Lipinski definition) is 4. The second-order valence-electron chi connectivity index (χ2n) is 6.05. The standard InChI is InChI=1S/C22H19N3O3/c26-20-12-5-4-9-18(20)15-23-25-22(28)17-10-6-11-19(14-17)24-21(27)13-16-7-2-1-3-8-16/h1-12,14-15,26H,13H2,(H,24,27)(H,25,28)/b23-15+. The van der Waals surface area contributed by atoms with Gasteiger partial charge < -0.3 is 10.4 Å². The maximum absolute atomic E-state index is 12.2. The van der Waals surface area contributed by atoms with Gasteiger partial charge in [-0.05, 0) is 35.9 Å². The molecule has 3 rings (SSSR count). The second-order valence-corrected chi connectivity index (χ2v) is 6.05. The van der Waals surface area contributed by atoms with Gasteiger partial charge in [-0.25, -0.2) is 5.43 Å². The molecule has 0 spiro atoms. The van der Waals surface area contributed by atoms with E-state index in [-0.39, 0.29) is 18.1 Å². The van der Waals surface area contributed by atoms with Gasteiger partial charge in [0.2, 0.25) is 5.91 Å². The van der Waals surface area contributed by atoms with Crippen LogP contribution in [0.3, 0.4) is 0 Å². The first kappa shape index (κ1) is 18.8. The zero-order chi connectivity index (χ0) is 19.8. The maximum Gasteiger partial charge on any atom is 0.271 e. The Bertz CT molecular complexity index is 1000. The number of carbonyl (C=O) groups excluding carboxylic acids is 2. The Morgan fingerprint density at radius 2 is 1.68 bits per heavy atom. The molecule has 0 bridgehead atoms. The summed E-state index contributed by atoms with van der Waals surface area (Å²) in [4.78, 5) is 24.4. The molecule has 0 aliphatic heterocycles. The minimum Gasteiger partial charge on any atom is -0.507 e. The van der Waals surface area contributed by atoms with Crippen molar-refractivity contribution in [2.75, 3.05) is 5.32 Å². The van der Waals surface area contributed by atoms with Crippen LogP contribution in [0.5, 0.6) is 5.75 Å². The smallest absolute Gasteiger partial charge is 0.271 e. The number of nitrogens with zero attached hydrogens (tertiary/aromatic N) is 1. The molecule has 0 fully saturated rings. The number of rotatable bonds is 6. The van der Waals surface area contributed by atoms with Crippen LogP contribution in [0.1, 0.15) is 21.5 Å². The van der Waals surface area contributed by atoms with Gasteiger partial charge in [-0.1, -0.05) is 48.5 Å². The average Bonchev–Trinajstić information content (AvgIpc) is 2.70. The van der Waals surface area contributed by atoms with E-state index >= 15 is 0 Å². The van der Waals surface area contributed by atoms with Crippen molar-refractivity contribution in [2.45, 2.75) is 6.42 Å². The van der Waals surface area contributed by atoms with E-state index in [2.05, 4.69) is 15.8 Å². The van der Waals surface area contributed by atoms with Crippen LogP contribution >= 0.6 is 0 Å². The second kappa shape index (κ2) is 9.14. The predicted octanol–water partition coefficient (Wildman–Crippen LogP) is 3.34. The number of amides is 2. The minimum atomic E-state index is -0.425. The highest BCUT2D eigenvalue weighted by atomic mass is 16.3. The molecule has 3 N–H and O–H groups in total. The molecule has 0 saturated heterocycles. The Balaban J connectivity index is 1.60. The van der Waals surface area contributed by atoms with E-state index in [4.69, 9.17) is 0 Å². The molecule has 3 aromatic carbocycles. The number of carbonyl (C=O) groups is 2. The number of para-hydroxylation sites is 1. The maximum atomic E-state index is 12.2. The number of benzene rings is 3. The molecule has 6 nitrogen and oxygen atoms in total. The van der Waals surface area contributed by atoms with Gasteiger partial charge in [0.15, 0.2) is 0 Å². The number of phenolic OH excluding ortho intramolecular Hbond substituents is 1. The fourth-order valence-corrected chi connectivity index (χ4v) is 2.55. The van der Waals surface area contributed by atoms with Gasteiger partial charge in [0, 0.05) is 16.8 Å². The Kier molecular flexibility index (Phi) is 6.15. The van der Waals surface area contributed by atoms with E-state index in [1.165, 1.54) is 12.3 Å². The topological polar surface area (TPSA) is 90.8 Å². The molecule has 0 radical (unpaired) electrons. The monoisotopic (exact) mass is 373 g/mol. The van der Waals surface area contributed by atoms with Gasteiger partial charge in [0.05, 0.1) is 12.6 Å². The molecular formula is C22H19N3O3. The molecule has 6 heteroatoms. The van der Waals surface area contributed by atoms with Crippen molar-refractivity contribution in [3.63, 3.8) is 0 Å². The van der Waals surface area contributed by atoms with Crippen LogP contribution in [-0.4, -0.2) is 23.1 Å². The zero-order valence-electron chi connectivity index (χ0n) is 15.0. The van der Waals surface area contributed by atoms with Crippen LogP contribution in [0, 0.1) is 0 Å². The first-order valence-corrected chi connectivity index (χ1v) is 8.67. The van der Waals surface area contributed by atoms with Gasteiger partial charge >= 0.3 is 0 Å². The van der Waals surface area contributed by atoms with E-state index in [0.717, 1.165) is 5.56 Å². The summed E-state index contributed by atoms with van der Waals surface area (Å²) in [6.07, 6.45) is 1.61. The Hall–Kier alpha value is -3.93. The van der Waals surface area contributed by atoms with Crippen molar-refractivity contribution in [1.29, 1.82) is 0 Å². The van der Waals surface area contributed by atoms with Crippen molar-refractivity contribution in [3.8, 4) is 5.75 Å². The lowest BCUT2D eigenvalue weighted by Crippen LogP contribution is -2.19. The molecular weight excluding hydrogens is 354 g/mol. The van der Waals surface area contributed by atoms with Crippen molar-refractivity contribution in [2.24, 2.45) is 5.10 Å². The quantitative estimate of drug-likeness (QED) is 0.457. The Labute approximate surface area is 162 Å². The molecule has 0 unspecified atom stereocenters. The molecule has 0 aromatic heterocycles. The van der Waals surface area contributed by atoms with Crippen LogP contribution < -0.4 is 10.7 Å². The summed E-state index contributed by atoms with van der Waals surface area (Å²) in [6, 6.07) is 22.7. The number of hydrogen-bond donors (Lipinski definition) is 3. The van der Waals surface area contributed by atoms with Gasteiger partial charge in [-0.15, -0.1) is 0 Å². The van der Waals surface area contributed by atoms with Gasteiger partial charge in [0.25, 0.3) is 5.91 Å².